The summed E-state index contributed by atoms with van der Waals surface area (Å²) in [7, 11) is 2.12. The number of hydrogen-bond donors (Lipinski definition) is 2. The minimum absolute atomic E-state index is 0.0622. The average molecular weight is 297 g/mol. The van der Waals surface area contributed by atoms with E-state index in [0.29, 0.717) is 11.0 Å². The van der Waals surface area contributed by atoms with Gasteiger partial charge in [0.2, 0.25) is 5.91 Å². The Labute approximate surface area is 127 Å². The van der Waals surface area contributed by atoms with Gasteiger partial charge in [0.25, 0.3) is 0 Å². The standard InChI is InChI=1S/C15H27N3OS/c1-18-10-6-7-12(18)11-17-14(19)15(13(16)20)8-4-2-3-5-9-15/h12H,2-11H2,1H3,(H2,16,20)(H,17,19). The van der Waals surface area contributed by atoms with Crippen molar-refractivity contribution >= 4 is 23.1 Å². The molecule has 1 saturated heterocycles. The lowest BCUT2D eigenvalue weighted by molar-refractivity contribution is -0.128. The number of likely N-dealkylation sites (N-methyl/N-ethyl adjacent to an activating group) is 1. The quantitative estimate of drug-likeness (QED) is 0.614. The van der Waals surface area contributed by atoms with Crippen LogP contribution in [0.25, 0.3) is 0 Å². The van der Waals surface area contributed by atoms with Crippen LogP contribution in [-0.4, -0.2) is 42.0 Å². The average Bonchev–Trinajstić information content (AvgIpc) is 2.67. The van der Waals surface area contributed by atoms with Crippen molar-refractivity contribution in [2.45, 2.75) is 57.4 Å². The van der Waals surface area contributed by atoms with E-state index >= 15 is 0 Å². The minimum Gasteiger partial charge on any atom is -0.392 e. The first-order valence-electron chi connectivity index (χ1n) is 7.85. The van der Waals surface area contributed by atoms with Crippen molar-refractivity contribution in [2.24, 2.45) is 11.1 Å². The van der Waals surface area contributed by atoms with Crippen LogP contribution in [-0.2, 0) is 4.79 Å². The van der Waals surface area contributed by atoms with Gasteiger partial charge in [0, 0.05) is 12.6 Å². The highest BCUT2D eigenvalue weighted by Gasteiger charge is 2.41. The van der Waals surface area contributed by atoms with Crippen molar-refractivity contribution in [3.8, 4) is 0 Å². The maximum absolute atomic E-state index is 12.7. The summed E-state index contributed by atoms with van der Waals surface area (Å²) in [5.41, 5.74) is 5.35. The van der Waals surface area contributed by atoms with Crippen molar-refractivity contribution in [1.29, 1.82) is 0 Å². The second-order valence-electron chi connectivity index (χ2n) is 6.35. The van der Waals surface area contributed by atoms with Gasteiger partial charge in [0.1, 0.15) is 0 Å². The molecule has 1 atom stereocenters. The van der Waals surface area contributed by atoms with E-state index in [-0.39, 0.29) is 5.91 Å². The normalized spacial score (nSPS) is 26.9. The van der Waals surface area contributed by atoms with E-state index in [1.165, 1.54) is 19.3 Å². The van der Waals surface area contributed by atoms with Crippen LogP contribution in [0, 0.1) is 5.41 Å². The van der Waals surface area contributed by atoms with E-state index in [1.54, 1.807) is 0 Å². The third-order valence-corrected chi connectivity index (χ3v) is 5.42. The third kappa shape index (κ3) is 3.31. The molecule has 0 aromatic carbocycles. The highest BCUT2D eigenvalue weighted by molar-refractivity contribution is 7.80. The molecular formula is C15H27N3OS. The van der Waals surface area contributed by atoms with Gasteiger partial charge in [-0.25, -0.2) is 0 Å². The predicted molar refractivity (Wildman–Crippen MR) is 85.6 cm³/mol. The first-order valence-corrected chi connectivity index (χ1v) is 8.25. The topological polar surface area (TPSA) is 58.4 Å². The number of nitrogens with one attached hydrogen (secondary N) is 1. The van der Waals surface area contributed by atoms with Crippen LogP contribution < -0.4 is 11.1 Å². The number of rotatable bonds is 4. The molecule has 2 rings (SSSR count). The number of carbonyl (C=O) groups excluding carboxylic acids is 1. The molecule has 0 bridgehead atoms. The molecule has 2 aliphatic rings. The van der Waals surface area contributed by atoms with Crippen LogP contribution in [0.4, 0.5) is 0 Å². The highest BCUT2D eigenvalue weighted by atomic mass is 32.1. The molecule has 1 unspecified atom stereocenters. The van der Waals surface area contributed by atoms with Crippen LogP contribution in [0.5, 0.6) is 0 Å². The number of thiocarbonyl (C=S) groups is 1. The molecule has 3 N–H and O–H groups in total. The lowest BCUT2D eigenvalue weighted by Gasteiger charge is -2.31. The second-order valence-corrected chi connectivity index (χ2v) is 6.79. The van der Waals surface area contributed by atoms with Crippen LogP contribution in [0.15, 0.2) is 0 Å². The Kier molecular flexibility index (Phi) is 5.38. The molecule has 5 heteroatoms. The Bertz CT molecular complexity index is 364. The van der Waals surface area contributed by atoms with Gasteiger partial charge in [0.05, 0.1) is 10.4 Å². The molecular weight excluding hydrogens is 270 g/mol. The van der Waals surface area contributed by atoms with Crippen molar-refractivity contribution in [3.63, 3.8) is 0 Å². The number of hydrogen-bond acceptors (Lipinski definition) is 3. The minimum atomic E-state index is -0.594. The number of nitrogens with zero attached hydrogens (tertiary/aromatic N) is 1. The Morgan fingerprint density at radius 3 is 2.45 bits per heavy atom. The summed E-state index contributed by atoms with van der Waals surface area (Å²) in [5, 5.41) is 3.13. The zero-order valence-corrected chi connectivity index (χ0v) is 13.3. The lowest BCUT2D eigenvalue weighted by atomic mass is 9.79. The SMILES string of the molecule is CN1CCCC1CNC(=O)C1(C(N)=S)CCCCCC1. The van der Waals surface area contributed by atoms with E-state index in [9.17, 15) is 4.79 Å². The number of carbonyl (C=O) groups is 1. The van der Waals surface area contributed by atoms with Gasteiger partial charge in [-0.05, 0) is 39.3 Å². The third-order valence-electron chi connectivity index (χ3n) is 5.03. The molecule has 0 aromatic heterocycles. The smallest absolute Gasteiger partial charge is 0.233 e. The predicted octanol–water partition coefficient (Wildman–Crippen LogP) is 1.82. The second kappa shape index (κ2) is 6.85. The van der Waals surface area contributed by atoms with Crippen LogP contribution in [0.2, 0.25) is 0 Å². The molecule has 1 aliphatic carbocycles. The summed E-state index contributed by atoms with van der Waals surface area (Å²) < 4.78 is 0. The zero-order valence-electron chi connectivity index (χ0n) is 12.5. The van der Waals surface area contributed by atoms with Crippen molar-refractivity contribution in [3.05, 3.63) is 0 Å². The van der Waals surface area contributed by atoms with E-state index in [4.69, 9.17) is 18.0 Å². The van der Waals surface area contributed by atoms with Crippen molar-refractivity contribution in [1.82, 2.24) is 10.2 Å². The molecule has 4 nitrogen and oxygen atoms in total. The largest absolute Gasteiger partial charge is 0.392 e. The van der Waals surface area contributed by atoms with Gasteiger partial charge in [-0.1, -0.05) is 37.9 Å². The Hall–Kier alpha value is -0.680. The van der Waals surface area contributed by atoms with E-state index in [2.05, 4.69) is 17.3 Å². The van der Waals surface area contributed by atoms with Gasteiger partial charge in [-0.2, -0.15) is 0 Å². The van der Waals surface area contributed by atoms with Gasteiger partial charge >= 0.3 is 0 Å². The molecule has 1 amide bonds. The maximum atomic E-state index is 12.7. The number of amides is 1. The lowest BCUT2D eigenvalue weighted by Crippen LogP contribution is -2.51. The summed E-state index contributed by atoms with van der Waals surface area (Å²) in [5.74, 6) is 0.0622. The van der Waals surface area contributed by atoms with Gasteiger partial charge < -0.3 is 16.0 Å². The van der Waals surface area contributed by atoms with Crippen LogP contribution in [0.1, 0.15) is 51.4 Å². The summed E-state index contributed by atoms with van der Waals surface area (Å²) in [6, 6.07) is 0.466. The van der Waals surface area contributed by atoms with Crippen molar-refractivity contribution in [2.75, 3.05) is 20.1 Å². The molecule has 1 aliphatic heterocycles. The van der Waals surface area contributed by atoms with E-state index < -0.39 is 5.41 Å². The van der Waals surface area contributed by atoms with E-state index in [0.717, 1.165) is 45.2 Å². The number of nitrogens with two attached hydrogens (primary N) is 1. The fourth-order valence-electron chi connectivity index (χ4n) is 3.53. The Morgan fingerprint density at radius 1 is 1.30 bits per heavy atom. The molecule has 114 valence electrons. The molecule has 0 radical (unpaired) electrons. The monoisotopic (exact) mass is 297 g/mol. The maximum Gasteiger partial charge on any atom is 0.233 e. The number of likely N-dealkylation sites (tertiary alicyclic amines) is 1. The first kappa shape index (κ1) is 15.7. The van der Waals surface area contributed by atoms with Gasteiger partial charge in [-0.15, -0.1) is 0 Å². The highest BCUT2D eigenvalue weighted by Crippen LogP contribution is 2.35. The molecule has 1 saturated carbocycles. The summed E-state index contributed by atoms with van der Waals surface area (Å²) >= 11 is 5.24. The molecule has 0 aromatic rings. The summed E-state index contributed by atoms with van der Waals surface area (Å²) in [4.78, 5) is 15.4. The molecule has 1 heterocycles. The summed E-state index contributed by atoms with van der Waals surface area (Å²) in [6.07, 6.45) is 8.48. The fraction of sp³-hybridized carbons (Fsp3) is 0.867. The first-order chi connectivity index (χ1) is 9.56. The molecule has 0 spiro atoms. The Balaban J connectivity index is 1.97. The van der Waals surface area contributed by atoms with Crippen LogP contribution in [0.3, 0.4) is 0 Å². The van der Waals surface area contributed by atoms with Crippen molar-refractivity contribution < 1.29 is 4.79 Å². The zero-order chi connectivity index (χ0) is 14.6. The fourth-order valence-corrected chi connectivity index (χ4v) is 3.83. The van der Waals surface area contributed by atoms with E-state index in [1.807, 2.05) is 0 Å². The van der Waals surface area contributed by atoms with Crippen LogP contribution >= 0.6 is 12.2 Å². The van der Waals surface area contributed by atoms with Gasteiger partial charge in [-0.3, -0.25) is 4.79 Å². The van der Waals surface area contributed by atoms with Gasteiger partial charge in [0.15, 0.2) is 0 Å². The summed E-state index contributed by atoms with van der Waals surface area (Å²) in [6.45, 7) is 1.85. The molecule has 20 heavy (non-hydrogen) atoms. The molecule has 2 fully saturated rings. The Morgan fingerprint density at radius 2 is 1.95 bits per heavy atom.